The lowest BCUT2D eigenvalue weighted by atomic mass is 9.85. The van der Waals surface area contributed by atoms with E-state index in [9.17, 15) is 18.7 Å². The van der Waals surface area contributed by atoms with Crippen LogP contribution < -0.4 is 11.1 Å². The number of aliphatic hydroxyl groups is 1. The summed E-state index contributed by atoms with van der Waals surface area (Å²) < 4.78 is 28.6. The molecule has 0 saturated carbocycles. The summed E-state index contributed by atoms with van der Waals surface area (Å²) in [6, 6.07) is 8.36. The fourth-order valence-electron chi connectivity index (χ4n) is 3.74. The van der Waals surface area contributed by atoms with Crippen LogP contribution in [0.4, 0.5) is 20.3 Å². The number of anilines is 2. The molecule has 1 amide bonds. The summed E-state index contributed by atoms with van der Waals surface area (Å²) in [6.07, 6.45) is 0. The van der Waals surface area contributed by atoms with Crippen molar-refractivity contribution >= 4 is 17.4 Å². The number of hydrogen-bond acceptors (Lipinski definition) is 4. The molecule has 1 aliphatic rings. The van der Waals surface area contributed by atoms with E-state index in [-0.39, 0.29) is 28.7 Å². The minimum absolute atomic E-state index is 0.0679. The van der Waals surface area contributed by atoms with Gasteiger partial charge in [0.15, 0.2) is 5.82 Å². The molecule has 0 bridgehead atoms. The average Bonchev–Trinajstić information content (AvgIpc) is 3.08. The van der Waals surface area contributed by atoms with Crippen molar-refractivity contribution in [3.8, 4) is 5.69 Å². The lowest BCUT2D eigenvalue weighted by Crippen LogP contribution is -2.36. The molecule has 0 fully saturated rings. The maximum Gasteiger partial charge on any atom is 0.266 e. The molecule has 0 aliphatic carbocycles. The Labute approximate surface area is 166 Å². The van der Waals surface area contributed by atoms with E-state index in [1.807, 2.05) is 19.9 Å². The molecule has 0 unspecified atom stereocenters. The van der Waals surface area contributed by atoms with Crippen LogP contribution in [0.1, 0.15) is 42.1 Å². The van der Waals surface area contributed by atoms with E-state index in [0.717, 1.165) is 16.3 Å². The third-order valence-electron chi connectivity index (χ3n) is 5.27. The summed E-state index contributed by atoms with van der Waals surface area (Å²) in [4.78, 5) is 12.8. The summed E-state index contributed by atoms with van der Waals surface area (Å²) in [5, 5.41) is 18.4. The van der Waals surface area contributed by atoms with Crippen LogP contribution in [0.2, 0.25) is 0 Å². The molecular formula is C21H20F2N4O2. The van der Waals surface area contributed by atoms with Gasteiger partial charge in [-0.15, -0.1) is 0 Å². The van der Waals surface area contributed by atoms with E-state index < -0.39 is 23.1 Å². The van der Waals surface area contributed by atoms with Gasteiger partial charge < -0.3 is 16.2 Å². The molecule has 1 aromatic heterocycles. The van der Waals surface area contributed by atoms with E-state index in [1.54, 1.807) is 19.1 Å². The van der Waals surface area contributed by atoms with Gasteiger partial charge in [0.2, 0.25) is 5.60 Å². The summed E-state index contributed by atoms with van der Waals surface area (Å²) in [7, 11) is 0. The van der Waals surface area contributed by atoms with Crippen molar-refractivity contribution in [3.63, 3.8) is 0 Å². The van der Waals surface area contributed by atoms with Gasteiger partial charge in [0.05, 0.1) is 11.3 Å². The standard InChI is InChI=1S/C21H20F2N4O2/c1-10(2)12-4-6-16-14(8-12)21(29,20(28)25-16)18-11(3)26-27(19(18)24)17-7-5-13(22)9-15(17)23/h4-10,29H,24H2,1-3H3,(H,25,28)/t21-/m1/s1. The van der Waals surface area contributed by atoms with Crippen molar-refractivity contribution in [2.24, 2.45) is 0 Å². The summed E-state index contributed by atoms with van der Waals surface area (Å²) in [5.41, 5.74) is 6.16. The van der Waals surface area contributed by atoms with Crippen LogP contribution in [0.5, 0.6) is 0 Å². The van der Waals surface area contributed by atoms with Crippen LogP contribution in [0.3, 0.4) is 0 Å². The fraction of sp³-hybridized carbons (Fsp3) is 0.238. The third-order valence-corrected chi connectivity index (χ3v) is 5.27. The van der Waals surface area contributed by atoms with Gasteiger partial charge in [-0.05, 0) is 42.7 Å². The Morgan fingerprint density at radius 3 is 2.59 bits per heavy atom. The highest BCUT2D eigenvalue weighted by atomic mass is 19.1. The number of nitrogens with two attached hydrogens (primary N) is 1. The highest BCUT2D eigenvalue weighted by Crippen LogP contribution is 2.45. The zero-order valence-corrected chi connectivity index (χ0v) is 16.1. The number of nitrogen functional groups attached to an aromatic ring is 1. The number of aryl methyl sites for hydroxylation is 1. The molecule has 8 heteroatoms. The van der Waals surface area contributed by atoms with Crippen molar-refractivity contribution in [1.82, 2.24) is 9.78 Å². The van der Waals surface area contributed by atoms with Crippen molar-refractivity contribution in [1.29, 1.82) is 0 Å². The number of rotatable bonds is 3. The Hall–Kier alpha value is -3.26. The van der Waals surface area contributed by atoms with Gasteiger partial charge >= 0.3 is 0 Å². The number of carbonyl (C=O) groups is 1. The second-order valence-corrected chi connectivity index (χ2v) is 7.48. The molecule has 1 atom stereocenters. The first-order chi connectivity index (χ1) is 13.6. The summed E-state index contributed by atoms with van der Waals surface area (Å²) in [5.74, 6) is -2.19. The lowest BCUT2D eigenvalue weighted by Gasteiger charge is -2.22. The summed E-state index contributed by atoms with van der Waals surface area (Å²) >= 11 is 0. The van der Waals surface area contributed by atoms with Crippen LogP contribution in [0.25, 0.3) is 5.69 Å². The van der Waals surface area contributed by atoms with Crippen molar-refractivity contribution in [2.45, 2.75) is 32.3 Å². The van der Waals surface area contributed by atoms with Gasteiger partial charge in [0, 0.05) is 17.3 Å². The molecule has 3 aromatic rings. The average molecular weight is 398 g/mol. The molecule has 0 radical (unpaired) electrons. The smallest absolute Gasteiger partial charge is 0.266 e. The van der Waals surface area contributed by atoms with Gasteiger partial charge in [-0.25, -0.2) is 13.5 Å². The Morgan fingerprint density at radius 2 is 1.93 bits per heavy atom. The van der Waals surface area contributed by atoms with Gasteiger partial charge in [-0.1, -0.05) is 19.9 Å². The predicted octanol–water partition coefficient (Wildman–Crippen LogP) is 3.35. The molecule has 4 N–H and O–H groups in total. The fourth-order valence-corrected chi connectivity index (χ4v) is 3.74. The predicted molar refractivity (Wildman–Crippen MR) is 105 cm³/mol. The third kappa shape index (κ3) is 2.71. The molecular weight excluding hydrogens is 378 g/mol. The van der Waals surface area contributed by atoms with Crippen LogP contribution >= 0.6 is 0 Å². The summed E-state index contributed by atoms with van der Waals surface area (Å²) in [6.45, 7) is 5.57. The molecule has 2 heterocycles. The van der Waals surface area contributed by atoms with Crippen LogP contribution in [-0.2, 0) is 10.4 Å². The first-order valence-corrected chi connectivity index (χ1v) is 9.13. The van der Waals surface area contributed by atoms with Crippen molar-refractivity contribution < 1.29 is 18.7 Å². The van der Waals surface area contributed by atoms with Crippen LogP contribution in [0.15, 0.2) is 36.4 Å². The largest absolute Gasteiger partial charge is 0.383 e. The number of hydrogen-bond donors (Lipinski definition) is 3. The van der Waals surface area contributed by atoms with Gasteiger partial charge in [-0.3, -0.25) is 4.79 Å². The first-order valence-electron chi connectivity index (χ1n) is 9.13. The van der Waals surface area contributed by atoms with Crippen molar-refractivity contribution in [3.05, 3.63) is 70.4 Å². The van der Waals surface area contributed by atoms with E-state index in [1.165, 1.54) is 6.07 Å². The molecule has 150 valence electrons. The molecule has 0 saturated heterocycles. The number of aromatic nitrogens is 2. The normalized spacial score (nSPS) is 18.2. The minimum Gasteiger partial charge on any atom is -0.383 e. The van der Waals surface area contributed by atoms with Crippen LogP contribution in [0, 0.1) is 18.6 Å². The quantitative estimate of drug-likeness (QED) is 0.631. The first kappa shape index (κ1) is 19.1. The Kier molecular flexibility index (Phi) is 4.20. The lowest BCUT2D eigenvalue weighted by molar-refractivity contribution is -0.129. The second kappa shape index (κ2) is 6.38. The minimum atomic E-state index is -2.08. The maximum absolute atomic E-state index is 14.3. The van der Waals surface area contributed by atoms with E-state index in [2.05, 4.69) is 10.4 Å². The number of nitrogens with zero attached hydrogens (tertiary/aromatic N) is 2. The maximum atomic E-state index is 14.3. The number of benzene rings is 2. The zero-order chi connectivity index (χ0) is 21.1. The Bertz CT molecular complexity index is 1160. The van der Waals surface area contributed by atoms with Gasteiger partial charge in [0.25, 0.3) is 5.91 Å². The second-order valence-electron chi connectivity index (χ2n) is 7.48. The van der Waals surface area contributed by atoms with Crippen LogP contribution in [-0.4, -0.2) is 20.8 Å². The highest BCUT2D eigenvalue weighted by Gasteiger charge is 2.50. The van der Waals surface area contributed by atoms with E-state index in [0.29, 0.717) is 17.3 Å². The van der Waals surface area contributed by atoms with E-state index >= 15 is 0 Å². The number of carbonyl (C=O) groups excluding carboxylic acids is 1. The van der Waals surface area contributed by atoms with E-state index in [4.69, 9.17) is 5.73 Å². The van der Waals surface area contributed by atoms with Crippen molar-refractivity contribution in [2.75, 3.05) is 11.1 Å². The SMILES string of the molecule is Cc1nn(-c2ccc(F)cc2F)c(N)c1[C@@]1(O)C(=O)Nc2ccc(C(C)C)cc21. The Balaban J connectivity index is 1.94. The monoisotopic (exact) mass is 398 g/mol. The number of nitrogens with one attached hydrogen (secondary N) is 1. The molecule has 4 rings (SSSR count). The number of amides is 1. The van der Waals surface area contributed by atoms with Gasteiger partial charge in [0.1, 0.15) is 17.3 Å². The zero-order valence-electron chi connectivity index (χ0n) is 16.1. The molecule has 0 spiro atoms. The molecule has 1 aliphatic heterocycles. The topological polar surface area (TPSA) is 93.2 Å². The highest BCUT2D eigenvalue weighted by molar-refractivity contribution is 6.08. The number of halogens is 2. The molecule has 29 heavy (non-hydrogen) atoms. The number of fused-ring (bicyclic) bond motifs is 1. The Morgan fingerprint density at radius 1 is 1.21 bits per heavy atom. The molecule has 2 aromatic carbocycles. The molecule has 6 nitrogen and oxygen atoms in total. The van der Waals surface area contributed by atoms with Gasteiger partial charge in [-0.2, -0.15) is 5.10 Å².